The number of aryl methyl sites for hydroxylation is 1. The van der Waals surface area contributed by atoms with Crippen molar-refractivity contribution < 1.29 is 19.1 Å². The van der Waals surface area contributed by atoms with Crippen LogP contribution >= 0.6 is 0 Å². The van der Waals surface area contributed by atoms with Crippen LogP contribution in [0.15, 0.2) is 54.6 Å². The van der Waals surface area contributed by atoms with Gasteiger partial charge in [0.2, 0.25) is 0 Å². The molecule has 0 radical (unpaired) electrons. The summed E-state index contributed by atoms with van der Waals surface area (Å²) < 4.78 is 11.2. The number of hydrogen-bond acceptors (Lipinski definition) is 4. The summed E-state index contributed by atoms with van der Waals surface area (Å²) >= 11 is 0. The zero-order valence-electron chi connectivity index (χ0n) is 16.4. The number of ether oxygens (including phenoxy) is 2. The van der Waals surface area contributed by atoms with E-state index in [1.54, 1.807) is 6.08 Å². The fraction of sp³-hybridized carbons (Fsp3) is 0.333. The van der Waals surface area contributed by atoms with Gasteiger partial charge in [-0.1, -0.05) is 54.6 Å². The van der Waals surface area contributed by atoms with Crippen molar-refractivity contribution in [3.8, 4) is 0 Å². The van der Waals surface area contributed by atoms with E-state index in [0.717, 1.165) is 23.1 Å². The number of Topliss-reactive ketones (excluding diaryl/α,β-unsaturated/α-hetero) is 1. The summed E-state index contributed by atoms with van der Waals surface area (Å²) in [6.45, 7) is 5.00. The number of carbonyl (C=O) groups excluding carboxylic acids is 2. The van der Waals surface area contributed by atoms with Crippen LogP contribution in [0.4, 0.5) is 0 Å². The summed E-state index contributed by atoms with van der Waals surface area (Å²) in [7, 11) is 0. The fourth-order valence-electron chi connectivity index (χ4n) is 3.47. The average molecular weight is 378 g/mol. The first-order chi connectivity index (χ1) is 13.6. The van der Waals surface area contributed by atoms with E-state index in [1.807, 2.05) is 62.4 Å². The summed E-state index contributed by atoms with van der Waals surface area (Å²) in [5, 5.41) is 0. The molecule has 0 saturated heterocycles. The maximum Gasteiger partial charge on any atom is 0.183 e. The SMILES string of the molecule is CCOC(OCC)c1ccc(/C=C/C(=O)C2CCc3ccccc3C2=O)cc1. The molecule has 146 valence electrons. The second-order valence-corrected chi connectivity index (χ2v) is 6.76. The Labute approximate surface area is 166 Å². The highest BCUT2D eigenvalue weighted by atomic mass is 16.7. The molecule has 3 rings (SSSR count). The van der Waals surface area contributed by atoms with Crippen molar-refractivity contribution in [2.45, 2.75) is 33.0 Å². The largest absolute Gasteiger partial charge is 0.349 e. The Kier molecular flexibility index (Phi) is 6.90. The van der Waals surface area contributed by atoms with Crippen molar-refractivity contribution >= 4 is 17.6 Å². The van der Waals surface area contributed by atoms with E-state index in [-0.39, 0.29) is 17.9 Å². The Morgan fingerprint density at radius 3 is 2.43 bits per heavy atom. The van der Waals surface area contributed by atoms with Gasteiger partial charge < -0.3 is 9.47 Å². The van der Waals surface area contributed by atoms with Gasteiger partial charge in [-0.25, -0.2) is 0 Å². The lowest BCUT2D eigenvalue weighted by Gasteiger charge is -2.21. The number of ketones is 2. The third-order valence-electron chi connectivity index (χ3n) is 4.93. The predicted octanol–water partition coefficient (Wildman–Crippen LogP) is 4.79. The zero-order chi connectivity index (χ0) is 19.9. The van der Waals surface area contributed by atoms with Crippen molar-refractivity contribution in [2.75, 3.05) is 13.2 Å². The molecule has 4 heteroatoms. The number of rotatable bonds is 8. The standard InChI is InChI=1S/C24H26O4/c1-3-27-24(28-4-2)19-12-9-17(10-13-19)11-16-22(25)21-15-14-18-7-5-6-8-20(18)23(21)26/h5-13,16,21,24H,3-4,14-15H2,1-2H3/b16-11+. The van der Waals surface area contributed by atoms with Crippen molar-refractivity contribution in [1.29, 1.82) is 0 Å². The van der Waals surface area contributed by atoms with E-state index in [2.05, 4.69) is 0 Å². The summed E-state index contributed by atoms with van der Waals surface area (Å²) in [6, 6.07) is 15.3. The normalized spacial score (nSPS) is 16.5. The van der Waals surface area contributed by atoms with Crippen molar-refractivity contribution in [2.24, 2.45) is 5.92 Å². The maximum absolute atomic E-state index is 12.6. The van der Waals surface area contributed by atoms with Gasteiger partial charge >= 0.3 is 0 Å². The van der Waals surface area contributed by atoms with Gasteiger partial charge in [0.25, 0.3) is 0 Å². The molecule has 2 aromatic rings. The van der Waals surface area contributed by atoms with Crippen LogP contribution in [0.2, 0.25) is 0 Å². The zero-order valence-corrected chi connectivity index (χ0v) is 16.4. The molecule has 0 heterocycles. The third kappa shape index (κ3) is 4.64. The minimum Gasteiger partial charge on any atom is -0.349 e. The van der Waals surface area contributed by atoms with E-state index in [1.165, 1.54) is 6.08 Å². The van der Waals surface area contributed by atoms with Gasteiger partial charge in [-0.05, 0) is 43.9 Å². The number of benzene rings is 2. The Morgan fingerprint density at radius 1 is 1.07 bits per heavy atom. The lowest BCUT2D eigenvalue weighted by Crippen LogP contribution is -2.28. The molecule has 1 aliphatic carbocycles. The lowest BCUT2D eigenvalue weighted by atomic mass is 9.80. The molecule has 0 aliphatic heterocycles. The molecule has 1 atom stereocenters. The van der Waals surface area contributed by atoms with E-state index in [9.17, 15) is 9.59 Å². The third-order valence-corrected chi connectivity index (χ3v) is 4.93. The van der Waals surface area contributed by atoms with Gasteiger partial charge in [-0.15, -0.1) is 0 Å². The number of hydrogen-bond donors (Lipinski definition) is 0. The number of fused-ring (bicyclic) bond motifs is 1. The van der Waals surface area contributed by atoms with E-state index < -0.39 is 5.92 Å². The topological polar surface area (TPSA) is 52.6 Å². The van der Waals surface area contributed by atoms with Gasteiger partial charge in [-0.2, -0.15) is 0 Å². The summed E-state index contributed by atoms with van der Waals surface area (Å²) in [5.74, 6) is -0.779. The van der Waals surface area contributed by atoms with Crippen LogP contribution in [0.1, 0.15) is 53.6 Å². The van der Waals surface area contributed by atoms with Gasteiger partial charge in [-0.3, -0.25) is 9.59 Å². The van der Waals surface area contributed by atoms with Crippen LogP contribution in [0.25, 0.3) is 6.08 Å². The average Bonchev–Trinajstić information content (AvgIpc) is 2.73. The summed E-state index contributed by atoms with van der Waals surface area (Å²) in [6.07, 6.45) is 4.23. The highest BCUT2D eigenvalue weighted by molar-refractivity contribution is 6.16. The first-order valence-electron chi connectivity index (χ1n) is 9.81. The quantitative estimate of drug-likeness (QED) is 0.377. The minimum atomic E-state index is -0.578. The molecular formula is C24H26O4. The first kappa shape index (κ1) is 20.2. The van der Waals surface area contributed by atoms with Crippen LogP contribution < -0.4 is 0 Å². The van der Waals surface area contributed by atoms with Gasteiger partial charge in [0.15, 0.2) is 17.9 Å². The predicted molar refractivity (Wildman–Crippen MR) is 109 cm³/mol. The highest BCUT2D eigenvalue weighted by Crippen LogP contribution is 2.26. The van der Waals surface area contributed by atoms with Crippen LogP contribution in [-0.4, -0.2) is 24.8 Å². The van der Waals surface area contributed by atoms with Crippen LogP contribution in [0, 0.1) is 5.92 Å². The lowest BCUT2D eigenvalue weighted by molar-refractivity contribution is -0.140. The van der Waals surface area contributed by atoms with Crippen molar-refractivity contribution in [3.63, 3.8) is 0 Å². The summed E-state index contributed by atoms with van der Waals surface area (Å²) in [5.41, 5.74) is 3.55. The molecule has 0 N–H and O–H groups in total. The molecule has 4 nitrogen and oxygen atoms in total. The van der Waals surface area contributed by atoms with Crippen LogP contribution in [-0.2, 0) is 20.7 Å². The van der Waals surface area contributed by atoms with E-state index in [0.29, 0.717) is 25.2 Å². The van der Waals surface area contributed by atoms with E-state index in [4.69, 9.17) is 9.47 Å². The van der Waals surface area contributed by atoms with Crippen LogP contribution in [0.5, 0.6) is 0 Å². The van der Waals surface area contributed by atoms with Crippen LogP contribution in [0.3, 0.4) is 0 Å². The molecule has 0 aromatic heterocycles. The molecular weight excluding hydrogens is 352 g/mol. The van der Waals surface area contributed by atoms with Crippen molar-refractivity contribution in [1.82, 2.24) is 0 Å². The molecule has 1 aliphatic rings. The molecule has 0 fully saturated rings. The Balaban J connectivity index is 1.67. The van der Waals surface area contributed by atoms with Crippen molar-refractivity contribution in [3.05, 3.63) is 76.9 Å². The molecule has 0 amide bonds. The second-order valence-electron chi connectivity index (χ2n) is 6.76. The molecule has 0 spiro atoms. The Bertz CT molecular complexity index is 845. The second kappa shape index (κ2) is 9.58. The smallest absolute Gasteiger partial charge is 0.183 e. The monoisotopic (exact) mass is 378 g/mol. The minimum absolute atomic E-state index is 0.0666. The molecule has 1 unspecified atom stereocenters. The maximum atomic E-state index is 12.6. The Morgan fingerprint density at radius 2 is 1.75 bits per heavy atom. The molecule has 0 bridgehead atoms. The fourth-order valence-corrected chi connectivity index (χ4v) is 3.47. The highest BCUT2D eigenvalue weighted by Gasteiger charge is 2.31. The number of carbonyl (C=O) groups is 2. The van der Waals surface area contributed by atoms with E-state index >= 15 is 0 Å². The number of allylic oxidation sites excluding steroid dienone is 1. The first-order valence-corrected chi connectivity index (χ1v) is 9.81. The van der Waals surface area contributed by atoms with Gasteiger partial charge in [0.05, 0.1) is 5.92 Å². The molecule has 2 aromatic carbocycles. The molecule has 0 saturated carbocycles. The Hall–Kier alpha value is -2.56. The van der Waals surface area contributed by atoms with Gasteiger partial charge in [0, 0.05) is 24.3 Å². The summed E-state index contributed by atoms with van der Waals surface area (Å²) in [4.78, 5) is 25.2. The van der Waals surface area contributed by atoms with Gasteiger partial charge in [0.1, 0.15) is 0 Å². The molecule has 28 heavy (non-hydrogen) atoms.